The van der Waals surface area contributed by atoms with E-state index in [1.165, 1.54) is 0 Å². The molecule has 0 radical (unpaired) electrons. The van der Waals surface area contributed by atoms with E-state index in [9.17, 15) is 9.59 Å². The average molecular weight is 307 g/mol. The maximum absolute atomic E-state index is 12.7. The molecule has 1 aromatic heterocycles. The van der Waals surface area contributed by atoms with Crippen LogP contribution in [0.1, 0.15) is 26.5 Å². The molecule has 0 bridgehead atoms. The molecule has 3 rings (SSSR count). The summed E-state index contributed by atoms with van der Waals surface area (Å²) in [6.45, 7) is 4.54. The van der Waals surface area contributed by atoms with Crippen LogP contribution in [-0.4, -0.2) is 29.9 Å². The van der Waals surface area contributed by atoms with Crippen LogP contribution in [0.2, 0.25) is 0 Å². The van der Waals surface area contributed by atoms with Crippen LogP contribution in [0.15, 0.2) is 55.1 Å². The number of para-hydroxylation sites is 1. The van der Waals surface area contributed by atoms with E-state index in [1.54, 1.807) is 29.2 Å². The van der Waals surface area contributed by atoms with Crippen molar-refractivity contribution in [2.45, 2.75) is 6.42 Å². The average Bonchev–Trinajstić information content (AvgIpc) is 3.03. The second-order valence-electron chi connectivity index (χ2n) is 5.24. The number of benzene rings is 1. The first-order valence-electron chi connectivity index (χ1n) is 7.46. The highest BCUT2D eigenvalue weighted by molar-refractivity contribution is 6.06. The lowest BCUT2D eigenvalue weighted by Gasteiger charge is -2.17. The number of pyridine rings is 1. The van der Waals surface area contributed by atoms with Crippen LogP contribution < -0.4 is 10.2 Å². The topological polar surface area (TPSA) is 62.3 Å². The van der Waals surface area contributed by atoms with Crippen molar-refractivity contribution in [3.63, 3.8) is 0 Å². The third kappa shape index (κ3) is 2.99. The van der Waals surface area contributed by atoms with Crippen LogP contribution >= 0.6 is 0 Å². The fraction of sp³-hybridized carbons (Fsp3) is 0.167. The van der Waals surface area contributed by atoms with Gasteiger partial charge in [-0.2, -0.15) is 0 Å². The van der Waals surface area contributed by atoms with E-state index in [0.29, 0.717) is 13.1 Å². The van der Waals surface area contributed by atoms with Gasteiger partial charge in [0.25, 0.3) is 11.8 Å². The predicted molar refractivity (Wildman–Crippen MR) is 88.6 cm³/mol. The Morgan fingerprint density at radius 3 is 2.78 bits per heavy atom. The smallest absolute Gasteiger partial charge is 0.276 e. The molecule has 0 aliphatic carbocycles. The van der Waals surface area contributed by atoms with Gasteiger partial charge in [0.2, 0.25) is 0 Å². The van der Waals surface area contributed by atoms with Crippen LogP contribution in [0.3, 0.4) is 0 Å². The van der Waals surface area contributed by atoms with Gasteiger partial charge in [0.05, 0.1) is 0 Å². The number of aromatic nitrogens is 1. The Bertz CT molecular complexity index is 770. The third-order valence-electron chi connectivity index (χ3n) is 3.74. The molecule has 1 aromatic carbocycles. The normalized spacial score (nSPS) is 12.6. The first kappa shape index (κ1) is 15.0. The molecule has 0 fully saturated rings. The summed E-state index contributed by atoms with van der Waals surface area (Å²) in [6.07, 6.45) is 2.43. The zero-order chi connectivity index (χ0) is 16.2. The number of nitrogens with one attached hydrogen (secondary N) is 1. The molecule has 1 N–H and O–H groups in total. The second kappa shape index (κ2) is 6.44. The van der Waals surface area contributed by atoms with Gasteiger partial charge in [-0.1, -0.05) is 30.3 Å². The maximum atomic E-state index is 12.7. The van der Waals surface area contributed by atoms with E-state index < -0.39 is 0 Å². The molecule has 23 heavy (non-hydrogen) atoms. The number of hydrogen-bond donors (Lipinski definition) is 1. The number of hydrogen-bond acceptors (Lipinski definition) is 3. The van der Waals surface area contributed by atoms with Crippen molar-refractivity contribution in [1.29, 1.82) is 0 Å². The molecule has 2 heterocycles. The Labute approximate surface area is 134 Å². The Balaban J connectivity index is 1.84. The highest BCUT2D eigenvalue weighted by Crippen LogP contribution is 2.28. The zero-order valence-electron chi connectivity index (χ0n) is 12.7. The van der Waals surface area contributed by atoms with E-state index in [-0.39, 0.29) is 23.2 Å². The predicted octanol–water partition coefficient (Wildman–Crippen LogP) is 2.20. The molecule has 0 unspecified atom stereocenters. The fourth-order valence-corrected chi connectivity index (χ4v) is 2.62. The van der Waals surface area contributed by atoms with Gasteiger partial charge in [-0.15, -0.1) is 6.58 Å². The number of carbonyl (C=O) groups is 2. The summed E-state index contributed by atoms with van der Waals surface area (Å²) < 4.78 is 0. The largest absolute Gasteiger partial charge is 0.347 e. The minimum atomic E-state index is -0.318. The van der Waals surface area contributed by atoms with Crippen LogP contribution in [0.25, 0.3) is 0 Å². The molecule has 5 nitrogen and oxygen atoms in total. The van der Waals surface area contributed by atoms with Crippen molar-refractivity contribution >= 4 is 17.5 Å². The number of carbonyl (C=O) groups excluding carboxylic acids is 2. The molecule has 5 heteroatoms. The number of fused-ring (bicyclic) bond motifs is 1. The number of rotatable bonds is 4. The van der Waals surface area contributed by atoms with E-state index >= 15 is 0 Å². The Hall–Kier alpha value is -2.95. The first-order valence-corrected chi connectivity index (χ1v) is 7.46. The molecule has 116 valence electrons. The summed E-state index contributed by atoms with van der Waals surface area (Å²) >= 11 is 0. The van der Waals surface area contributed by atoms with E-state index in [1.807, 2.05) is 24.3 Å². The van der Waals surface area contributed by atoms with Crippen LogP contribution in [-0.2, 0) is 6.42 Å². The number of amides is 2. The van der Waals surface area contributed by atoms with Gasteiger partial charge < -0.3 is 10.2 Å². The summed E-state index contributed by atoms with van der Waals surface area (Å²) in [5.41, 5.74) is 2.57. The molecular formula is C18H17N3O2. The molecule has 0 saturated carbocycles. The summed E-state index contributed by atoms with van der Waals surface area (Å²) in [6, 6.07) is 12.7. The molecule has 2 amide bonds. The number of nitrogens with zero attached hydrogens (tertiary/aromatic N) is 2. The van der Waals surface area contributed by atoms with Gasteiger partial charge >= 0.3 is 0 Å². The zero-order valence-corrected chi connectivity index (χ0v) is 12.7. The van der Waals surface area contributed by atoms with E-state index in [4.69, 9.17) is 0 Å². The standard InChI is InChI=1S/C18H17N3O2/c1-2-11-19-17(22)14-7-5-8-15(20-14)18(23)21-12-10-13-6-3-4-9-16(13)21/h2-9H,1,10-12H2,(H,19,22). The molecular weight excluding hydrogens is 290 g/mol. The SMILES string of the molecule is C=CCNC(=O)c1cccc(C(=O)N2CCc3ccccc32)n1. The van der Waals surface area contributed by atoms with Crippen molar-refractivity contribution < 1.29 is 9.59 Å². The molecule has 1 aliphatic heterocycles. The Morgan fingerprint density at radius 1 is 1.17 bits per heavy atom. The summed E-state index contributed by atoms with van der Waals surface area (Å²) in [7, 11) is 0. The van der Waals surface area contributed by atoms with Gasteiger partial charge in [-0.25, -0.2) is 4.98 Å². The van der Waals surface area contributed by atoms with Crippen molar-refractivity contribution in [1.82, 2.24) is 10.3 Å². The minimum absolute atomic E-state index is 0.187. The molecule has 0 spiro atoms. The van der Waals surface area contributed by atoms with Crippen LogP contribution in [0.4, 0.5) is 5.69 Å². The van der Waals surface area contributed by atoms with Crippen LogP contribution in [0, 0.1) is 0 Å². The van der Waals surface area contributed by atoms with E-state index in [2.05, 4.69) is 16.9 Å². The van der Waals surface area contributed by atoms with Gasteiger partial charge in [-0.3, -0.25) is 9.59 Å². The minimum Gasteiger partial charge on any atom is -0.347 e. The van der Waals surface area contributed by atoms with Crippen LogP contribution in [0.5, 0.6) is 0 Å². The Morgan fingerprint density at radius 2 is 1.96 bits per heavy atom. The molecule has 2 aromatic rings. The lowest BCUT2D eigenvalue weighted by molar-refractivity contribution is 0.0952. The Kier molecular flexibility index (Phi) is 4.19. The summed E-state index contributed by atoms with van der Waals surface area (Å²) in [4.78, 5) is 30.6. The quantitative estimate of drug-likeness (QED) is 0.881. The summed E-state index contributed by atoms with van der Waals surface area (Å²) in [5.74, 6) is -0.505. The van der Waals surface area contributed by atoms with Gasteiger partial charge in [0.1, 0.15) is 11.4 Å². The first-order chi connectivity index (χ1) is 11.2. The van der Waals surface area contributed by atoms with Crippen molar-refractivity contribution in [3.05, 3.63) is 72.1 Å². The lowest BCUT2D eigenvalue weighted by atomic mass is 10.2. The van der Waals surface area contributed by atoms with Crippen molar-refractivity contribution in [2.24, 2.45) is 0 Å². The highest BCUT2D eigenvalue weighted by Gasteiger charge is 2.26. The monoisotopic (exact) mass is 307 g/mol. The number of anilines is 1. The van der Waals surface area contributed by atoms with Crippen molar-refractivity contribution in [2.75, 3.05) is 18.0 Å². The van der Waals surface area contributed by atoms with Crippen molar-refractivity contribution in [3.8, 4) is 0 Å². The van der Waals surface area contributed by atoms with Gasteiger partial charge in [0, 0.05) is 18.8 Å². The molecule has 0 atom stereocenters. The van der Waals surface area contributed by atoms with E-state index in [0.717, 1.165) is 17.7 Å². The lowest BCUT2D eigenvalue weighted by Crippen LogP contribution is -2.31. The maximum Gasteiger partial charge on any atom is 0.276 e. The molecule has 1 aliphatic rings. The highest BCUT2D eigenvalue weighted by atomic mass is 16.2. The van der Waals surface area contributed by atoms with Gasteiger partial charge in [0.15, 0.2) is 0 Å². The summed E-state index contributed by atoms with van der Waals surface area (Å²) in [5, 5.41) is 2.66. The third-order valence-corrected chi connectivity index (χ3v) is 3.74. The second-order valence-corrected chi connectivity index (χ2v) is 5.24. The molecule has 0 saturated heterocycles. The van der Waals surface area contributed by atoms with Gasteiger partial charge in [-0.05, 0) is 30.2 Å². The fourth-order valence-electron chi connectivity index (χ4n) is 2.62.